The largest absolute Gasteiger partial charge is 0.420 e. The number of carbonyl (C=O) groups is 2. The number of hydrogen-bond donors (Lipinski definition) is 1. The molecule has 0 saturated heterocycles. The molecule has 0 fully saturated rings. The number of benzene rings is 1. The van der Waals surface area contributed by atoms with Gasteiger partial charge in [0.25, 0.3) is 5.91 Å². The Morgan fingerprint density at radius 3 is 2.75 bits per heavy atom. The van der Waals surface area contributed by atoms with E-state index in [1.165, 1.54) is 24.4 Å². The van der Waals surface area contributed by atoms with E-state index in [-0.39, 0.29) is 22.8 Å². The summed E-state index contributed by atoms with van der Waals surface area (Å²) in [5.41, 5.74) is 0.815. The summed E-state index contributed by atoms with van der Waals surface area (Å²) in [5.74, 6) is -0.537. The van der Waals surface area contributed by atoms with Gasteiger partial charge in [-0.1, -0.05) is 30.0 Å². The number of amides is 2. The van der Waals surface area contributed by atoms with Gasteiger partial charge < -0.3 is 4.74 Å². The highest BCUT2D eigenvalue weighted by molar-refractivity contribution is 8.15. The predicted octanol–water partition coefficient (Wildman–Crippen LogP) is 2.55. The number of rotatable bonds is 3. The number of thioether (sulfide) groups is 1. The van der Waals surface area contributed by atoms with E-state index in [9.17, 15) is 14.0 Å². The highest BCUT2D eigenvalue weighted by Crippen LogP contribution is 2.25. The number of ether oxygens (including phenoxy) is 1. The average Bonchev–Trinajstić information content (AvgIpc) is 2.89. The quantitative estimate of drug-likeness (QED) is 0.925. The van der Waals surface area contributed by atoms with Crippen LogP contribution in [0.1, 0.15) is 5.56 Å². The van der Waals surface area contributed by atoms with Gasteiger partial charge in [-0.05, 0) is 30.2 Å². The van der Waals surface area contributed by atoms with Crippen molar-refractivity contribution in [2.24, 2.45) is 4.99 Å². The molecular weight excluding hydrogens is 333 g/mol. The van der Waals surface area contributed by atoms with Crippen LogP contribution in [0.3, 0.4) is 0 Å². The lowest BCUT2D eigenvalue weighted by Gasteiger charge is -2.07. The maximum atomic E-state index is 12.9. The summed E-state index contributed by atoms with van der Waals surface area (Å²) in [5, 5.41) is 2.13. The van der Waals surface area contributed by atoms with Crippen molar-refractivity contribution in [3.8, 4) is 5.88 Å². The standard InChI is InChI=1S/C16H12FN3O3S/c17-11-6-4-10(5-7-11)9-12-14(21)19-15(24-12)20-16(22)23-13-3-1-2-8-18-13/h1-8,12H,9H2,(H,19,20,21,22). The molecule has 1 atom stereocenters. The highest BCUT2D eigenvalue weighted by atomic mass is 32.2. The van der Waals surface area contributed by atoms with Gasteiger partial charge in [0.15, 0.2) is 5.17 Å². The Bertz CT molecular complexity index is 781. The fourth-order valence-electron chi connectivity index (χ4n) is 2.02. The van der Waals surface area contributed by atoms with Gasteiger partial charge in [-0.15, -0.1) is 0 Å². The van der Waals surface area contributed by atoms with E-state index in [4.69, 9.17) is 4.74 Å². The molecule has 6 nitrogen and oxygen atoms in total. The molecule has 1 unspecified atom stereocenters. The van der Waals surface area contributed by atoms with Gasteiger partial charge in [-0.3, -0.25) is 10.1 Å². The topological polar surface area (TPSA) is 80.7 Å². The molecule has 1 N–H and O–H groups in total. The molecule has 8 heteroatoms. The molecule has 0 spiro atoms. The second-order valence-corrected chi connectivity index (χ2v) is 6.07. The third-order valence-electron chi connectivity index (χ3n) is 3.12. The zero-order chi connectivity index (χ0) is 16.9. The van der Waals surface area contributed by atoms with Crippen molar-refractivity contribution in [3.63, 3.8) is 0 Å². The third-order valence-corrected chi connectivity index (χ3v) is 4.19. The average molecular weight is 345 g/mol. The molecule has 2 aromatic rings. The maximum absolute atomic E-state index is 12.9. The SMILES string of the molecule is O=C(NC1=NC(=O)C(Cc2ccc(F)cc2)S1)Oc1ccccn1. The molecule has 0 bridgehead atoms. The number of amidine groups is 1. The first-order chi connectivity index (χ1) is 11.6. The lowest BCUT2D eigenvalue weighted by Crippen LogP contribution is -2.30. The second kappa shape index (κ2) is 7.22. The molecule has 2 amide bonds. The van der Waals surface area contributed by atoms with Gasteiger partial charge >= 0.3 is 6.09 Å². The van der Waals surface area contributed by atoms with Crippen LogP contribution in [0.5, 0.6) is 5.88 Å². The molecule has 1 aromatic carbocycles. The summed E-state index contributed by atoms with van der Waals surface area (Å²) in [6.45, 7) is 0. The zero-order valence-corrected chi connectivity index (χ0v) is 13.1. The number of nitrogens with one attached hydrogen (secondary N) is 1. The number of halogens is 1. The summed E-state index contributed by atoms with van der Waals surface area (Å²) in [7, 11) is 0. The molecule has 0 saturated carbocycles. The number of aliphatic imine (C=N–C) groups is 1. The normalized spacial score (nSPS) is 16.6. The lowest BCUT2D eigenvalue weighted by atomic mass is 10.1. The van der Waals surface area contributed by atoms with Crippen LogP contribution in [0.2, 0.25) is 0 Å². The van der Waals surface area contributed by atoms with Crippen LogP contribution < -0.4 is 10.1 Å². The highest BCUT2D eigenvalue weighted by Gasteiger charge is 2.29. The van der Waals surface area contributed by atoms with E-state index in [0.717, 1.165) is 17.3 Å². The molecule has 0 radical (unpaired) electrons. The van der Waals surface area contributed by atoms with Crippen LogP contribution in [-0.4, -0.2) is 27.4 Å². The minimum Gasteiger partial charge on any atom is -0.391 e. The molecule has 3 rings (SSSR count). The minimum absolute atomic E-state index is 0.146. The van der Waals surface area contributed by atoms with E-state index in [2.05, 4.69) is 15.3 Å². The van der Waals surface area contributed by atoms with Gasteiger partial charge in [0, 0.05) is 12.3 Å². The molecule has 122 valence electrons. The third kappa shape index (κ3) is 4.17. The number of pyridine rings is 1. The zero-order valence-electron chi connectivity index (χ0n) is 12.3. The lowest BCUT2D eigenvalue weighted by molar-refractivity contribution is -0.117. The van der Waals surface area contributed by atoms with E-state index in [1.807, 2.05) is 0 Å². The summed E-state index contributed by atoms with van der Waals surface area (Å²) >= 11 is 1.13. The fourth-order valence-corrected chi connectivity index (χ4v) is 3.00. The minimum atomic E-state index is -0.768. The predicted molar refractivity (Wildman–Crippen MR) is 87.3 cm³/mol. The first-order valence-electron chi connectivity index (χ1n) is 7.03. The molecular formula is C16H12FN3O3S. The van der Waals surface area contributed by atoms with Crippen LogP contribution in [-0.2, 0) is 11.2 Å². The molecule has 1 aliphatic rings. The number of aromatic nitrogens is 1. The van der Waals surface area contributed by atoms with Crippen LogP contribution in [0.25, 0.3) is 0 Å². The van der Waals surface area contributed by atoms with Crippen molar-refractivity contribution in [1.82, 2.24) is 10.3 Å². The smallest absolute Gasteiger partial charge is 0.391 e. The monoisotopic (exact) mass is 345 g/mol. The van der Waals surface area contributed by atoms with Gasteiger partial charge in [0.1, 0.15) is 5.82 Å². The van der Waals surface area contributed by atoms with Crippen LogP contribution >= 0.6 is 11.8 Å². The molecule has 24 heavy (non-hydrogen) atoms. The van der Waals surface area contributed by atoms with E-state index >= 15 is 0 Å². The van der Waals surface area contributed by atoms with Crippen LogP contribution in [0, 0.1) is 5.82 Å². The van der Waals surface area contributed by atoms with Gasteiger partial charge in [0.2, 0.25) is 5.88 Å². The first-order valence-corrected chi connectivity index (χ1v) is 7.91. The van der Waals surface area contributed by atoms with Crippen molar-refractivity contribution < 1.29 is 18.7 Å². The Balaban J connectivity index is 1.55. The molecule has 1 aliphatic heterocycles. The second-order valence-electron chi connectivity index (χ2n) is 4.87. The molecule has 2 heterocycles. The Labute approximate surface area is 141 Å². The Morgan fingerprint density at radius 2 is 2.04 bits per heavy atom. The van der Waals surface area contributed by atoms with Crippen molar-refractivity contribution in [3.05, 3.63) is 60.0 Å². The van der Waals surface area contributed by atoms with E-state index < -0.39 is 11.3 Å². The Hall–Kier alpha value is -2.74. The number of hydrogen-bond acceptors (Lipinski definition) is 5. The Morgan fingerprint density at radius 1 is 1.25 bits per heavy atom. The van der Waals surface area contributed by atoms with Crippen LogP contribution in [0.15, 0.2) is 53.7 Å². The van der Waals surface area contributed by atoms with Gasteiger partial charge in [-0.2, -0.15) is 4.99 Å². The summed E-state index contributed by atoms with van der Waals surface area (Å²) in [4.78, 5) is 31.3. The fraction of sp³-hybridized carbons (Fsp3) is 0.125. The van der Waals surface area contributed by atoms with Gasteiger partial charge in [0.05, 0.1) is 5.25 Å². The Kier molecular flexibility index (Phi) is 4.85. The summed E-state index contributed by atoms with van der Waals surface area (Å²) < 4.78 is 17.9. The van der Waals surface area contributed by atoms with Crippen molar-refractivity contribution in [2.75, 3.05) is 0 Å². The van der Waals surface area contributed by atoms with Crippen molar-refractivity contribution in [1.29, 1.82) is 0 Å². The number of nitrogens with zero attached hydrogens (tertiary/aromatic N) is 2. The van der Waals surface area contributed by atoms with Crippen LogP contribution in [0.4, 0.5) is 9.18 Å². The summed E-state index contributed by atoms with van der Waals surface area (Å²) in [6.07, 6.45) is 1.12. The molecule has 0 aliphatic carbocycles. The maximum Gasteiger partial charge on any atom is 0.420 e. The molecule has 1 aromatic heterocycles. The number of carbonyl (C=O) groups excluding carboxylic acids is 2. The van der Waals surface area contributed by atoms with Crippen molar-refractivity contribution >= 4 is 28.9 Å². The van der Waals surface area contributed by atoms with Crippen molar-refractivity contribution in [2.45, 2.75) is 11.7 Å². The van der Waals surface area contributed by atoms with Gasteiger partial charge in [-0.25, -0.2) is 14.2 Å². The first kappa shape index (κ1) is 16.1. The summed E-state index contributed by atoms with van der Waals surface area (Å²) in [6, 6.07) is 10.8. The van der Waals surface area contributed by atoms with E-state index in [1.54, 1.807) is 24.3 Å². The van der Waals surface area contributed by atoms with E-state index in [0.29, 0.717) is 6.42 Å².